The van der Waals surface area contributed by atoms with Crippen LogP contribution in [-0.4, -0.2) is 30.8 Å². The van der Waals surface area contributed by atoms with Crippen LogP contribution < -0.4 is 0 Å². The van der Waals surface area contributed by atoms with Crippen molar-refractivity contribution in [3.8, 4) is 22.4 Å². The summed E-state index contributed by atoms with van der Waals surface area (Å²) in [6, 6.07) is 8.48. The number of carboxylic acids is 1. The lowest BCUT2D eigenvalue weighted by Gasteiger charge is -2.15. The van der Waals surface area contributed by atoms with Crippen LogP contribution in [0, 0.1) is 5.82 Å². The van der Waals surface area contributed by atoms with E-state index in [2.05, 4.69) is 15.1 Å². The lowest BCUT2D eigenvalue weighted by Crippen LogP contribution is -2.06. The molecular weight excluding hydrogens is 395 g/mol. The third-order valence-electron chi connectivity index (χ3n) is 6.08. The molecule has 1 saturated carbocycles. The molecule has 2 aromatic heterocycles. The average Bonchev–Trinajstić information content (AvgIpc) is 3.44. The van der Waals surface area contributed by atoms with E-state index < -0.39 is 11.8 Å². The van der Waals surface area contributed by atoms with Crippen LogP contribution in [0.4, 0.5) is 4.39 Å². The zero-order valence-corrected chi connectivity index (χ0v) is 17.0. The number of aromatic carboxylic acids is 1. The molecule has 0 radical (unpaired) electrons. The number of benzene rings is 2. The standard InChI is InChI=1S/C24H21FN4O2/c1-29-12-17(11-28-29)16-9-20(25)22-21(10-16)26-13-27-23(22)15-6-7-18(24(30)31)19(8-15)14-4-2-3-5-14/h6-14H,2-5H2,1H3,(H,30,31). The van der Waals surface area contributed by atoms with Gasteiger partial charge in [0.25, 0.3) is 0 Å². The molecule has 5 rings (SSSR count). The summed E-state index contributed by atoms with van der Waals surface area (Å²) in [7, 11) is 1.81. The van der Waals surface area contributed by atoms with Crippen molar-refractivity contribution in [1.29, 1.82) is 0 Å². The van der Waals surface area contributed by atoms with Gasteiger partial charge in [-0.15, -0.1) is 0 Å². The fourth-order valence-electron chi connectivity index (χ4n) is 4.58. The molecule has 2 aromatic carbocycles. The Hall–Kier alpha value is -3.61. The summed E-state index contributed by atoms with van der Waals surface area (Å²) in [5.74, 6) is -1.15. The van der Waals surface area contributed by atoms with E-state index in [0.717, 1.165) is 36.8 Å². The quantitative estimate of drug-likeness (QED) is 0.495. The Kier molecular flexibility index (Phi) is 4.73. The molecule has 0 amide bonds. The Labute approximate surface area is 178 Å². The Balaban J connectivity index is 1.67. The summed E-state index contributed by atoms with van der Waals surface area (Å²) in [5.41, 5.74) is 4.28. The Morgan fingerprint density at radius 3 is 2.61 bits per heavy atom. The number of carbonyl (C=O) groups is 1. The summed E-state index contributed by atoms with van der Waals surface area (Å²) in [4.78, 5) is 20.4. The van der Waals surface area contributed by atoms with Gasteiger partial charge in [0, 0.05) is 24.4 Å². The highest BCUT2D eigenvalue weighted by Crippen LogP contribution is 2.39. The number of fused-ring (bicyclic) bond motifs is 1. The van der Waals surface area contributed by atoms with Gasteiger partial charge >= 0.3 is 5.97 Å². The topological polar surface area (TPSA) is 80.9 Å². The van der Waals surface area contributed by atoms with Crippen LogP contribution in [0.1, 0.15) is 47.5 Å². The molecule has 1 aliphatic carbocycles. The van der Waals surface area contributed by atoms with Crippen molar-refractivity contribution < 1.29 is 14.3 Å². The first-order valence-electron chi connectivity index (χ1n) is 10.3. The van der Waals surface area contributed by atoms with Gasteiger partial charge < -0.3 is 5.11 Å². The van der Waals surface area contributed by atoms with E-state index in [1.807, 2.05) is 25.4 Å². The molecule has 0 saturated heterocycles. The predicted octanol–water partition coefficient (Wildman–Crippen LogP) is 5.19. The molecule has 31 heavy (non-hydrogen) atoms. The van der Waals surface area contributed by atoms with Crippen molar-refractivity contribution in [1.82, 2.24) is 19.7 Å². The number of carboxylic acid groups (broad SMARTS) is 1. The van der Waals surface area contributed by atoms with E-state index in [1.54, 1.807) is 23.0 Å². The van der Waals surface area contributed by atoms with E-state index in [4.69, 9.17) is 0 Å². The first kappa shape index (κ1) is 19.4. The largest absolute Gasteiger partial charge is 0.478 e. The van der Waals surface area contributed by atoms with E-state index in [0.29, 0.717) is 33.3 Å². The lowest BCUT2D eigenvalue weighted by atomic mass is 9.90. The number of aryl methyl sites for hydroxylation is 1. The lowest BCUT2D eigenvalue weighted by molar-refractivity contribution is 0.0695. The fourth-order valence-corrected chi connectivity index (χ4v) is 4.58. The SMILES string of the molecule is Cn1cc(-c2cc(F)c3c(-c4ccc(C(=O)O)c(C5CCCC5)c4)ncnc3c2)cn1. The maximum Gasteiger partial charge on any atom is 0.335 e. The summed E-state index contributed by atoms with van der Waals surface area (Å²) in [5, 5.41) is 14.1. The van der Waals surface area contributed by atoms with Crippen LogP contribution in [0.3, 0.4) is 0 Å². The van der Waals surface area contributed by atoms with Gasteiger partial charge in [0.15, 0.2) is 0 Å². The van der Waals surface area contributed by atoms with Crippen molar-refractivity contribution in [3.63, 3.8) is 0 Å². The number of nitrogens with zero attached hydrogens (tertiary/aromatic N) is 4. The molecule has 4 aromatic rings. The maximum atomic E-state index is 15.3. The maximum absolute atomic E-state index is 15.3. The van der Waals surface area contributed by atoms with Crippen molar-refractivity contribution in [2.75, 3.05) is 0 Å². The predicted molar refractivity (Wildman–Crippen MR) is 115 cm³/mol. The second-order valence-corrected chi connectivity index (χ2v) is 8.07. The average molecular weight is 416 g/mol. The first-order valence-corrected chi connectivity index (χ1v) is 10.3. The van der Waals surface area contributed by atoms with Gasteiger partial charge in [-0.3, -0.25) is 4.68 Å². The van der Waals surface area contributed by atoms with Crippen LogP contribution >= 0.6 is 0 Å². The first-order chi connectivity index (χ1) is 15.0. The van der Waals surface area contributed by atoms with Crippen molar-refractivity contribution >= 4 is 16.9 Å². The van der Waals surface area contributed by atoms with Crippen LogP contribution in [0.25, 0.3) is 33.3 Å². The number of rotatable bonds is 4. The van der Waals surface area contributed by atoms with Crippen molar-refractivity contribution in [3.05, 3.63) is 66.0 Å². The summed E-state index contributed by atoms with van der Waals surface area (Å²) in [6.07, 6.45) is 9.05. The number of hydrogen-bond donors (Lipinski definition) is 1. The fraction of sp³-hybridized carbons (Fsp3) is 0.250. The number of hydrogen-bond acceptors (Lipinski definition) is 4. The number of halogens is 1. The van der Waals surface area contributed by atoms with Crippen LogP contribution in [0.15, 0.2) is 49.1 Å². The van der Waals surface area contributed by atoms with E-state index in [-0.39, 0.29) is 5.92 Å². The summed E-state index contributed by atoms with van der Waals surface area (Å²) in [6.45, 7) is 0. The highest BCUT2D eigenvalue weighted by molar-refractivity contribution is 5.96. The zero-order valence-electron chi connectivity index (χ0n) is 17.0. The Morgan fingerprint density at radius 2 is 1.90 bits per heavy atom. The highest BCUT2D eigenvalue weighted by atomic mass is 19.1. The molecule has 1 N–H and O–H groups in total. The number of aromatic nitrogens is 4. The molecular formula is C24H21FN4O2. The third-order valence-corrected chi connectivity index (χ3v) is 6.08. The molecule has 1 fully saturated rings. The minimum Gasteiger partial charge on any atom is -0.478 e. The van der Waals surface area contributed by atoms with E-state index in [9.17, 15) is 9.90 Å². The molecule has 6 nitrogen and oxygen atoms in total. The minimum absolute atomic E-state index is 0.209. The molecule has 0 atom stereocenters. The minimum atomic E-state index is -0.937. The zero-order chi connectivity index (χ0) is 21.5. The molecule has 0 unspecified atom stereocenters. The molecule has 156 valence electrons. The van der Waals surface area contributed by atoms with Crippen LogP contribution in [0.2, 0.25) is 0 Å². The third kappa shape index (κ3) is 3.46. The molecule has 0 bridgehead atoms. The van der Waals surface area contributed by atoms with Gasteiger partial charge in [-0.2, -0.15) is 5.10 Å². The molecule has 7 heteroatoms. The Morgan fingerprint density at radius 1 is 1.10 bits per heavy atom. The Bertz CT molecular complexity index is 1310. The summed E-state index contributed by atoms with van der Waals surface area (Å²) < 4.78 is 17.0. The van der Waals surface area contributed by atoms with Gasteiger partial charge in [-0.05, 0) is 54.2 Å². The van der Waals surface area contributed by atoms with Crippen molar-refractivity contribution in [2.24, 2.45) is 7.05 Å². The van der Waals surface area contributed by atoms with Crippen LogP contribution in [-0.2, 0) is 7.05 Å². The smallest absolute Gasteiger partial charge is 0.335 e. The summed E-state index contributed by atoms with van der Waals surface area (Å²) >= 11 is 0. The molecule has 1 aliphatic rings. The van der Waals surface area contributed by atoms with E-state index in [1.165, 1.54) is 12.4 Å². The monoisotopic (exact) mass is 416 g/mol. The molecule has 0 spiro atoms. The highest BCUT2D eigenvalue weighted by Gasteiger charge is 2.24. The normalized spacial score (nSPS) is 14.4. The van der Waals surface area contributed by atoms with Gasteiger partial charge in [-0.25, -0.2) is 19.2 Å². The van der Waals surface area contributed by atoms with Crippen molar-refractivity contribution in [2.45, 2.75) is 31.6 Å². The second kappa shape index (κ2) is 7.58. The van der Waals surface area contributed by atoms with Gasteiger partial charge in [-0.1, -0.05) is 18.9 Å². The van der Waals surface area contributed by atoms with Gasteiger partial charge in [0.05, 0.1) is 28.4 Å². The van der Waals surface area contributed by atoms with E-state index >= 15 is 4.39 Å². The molecule has 0 aliphatic heterocycles. The van der Waals surface area contributed by atoms with Gasteiger partial charge in [0.2, 0.25) is 0 Å². The molecule has 2 heterocycles. The van der Waals surface area contributed by atoms with Crippen LogP contribution in [0.5, 0.6) is 0 Å². The van der Waals surface area contributed by atoms with Gasteiger partial charge in [0.1, 0.15) is 12.1 Å². The second-order valence-electron chi connectivity index (χ2n) is 8.07.